The van der Waals surface area contributed by atoms with Crippen LogP contribution in [0.3, 0.4) is 0 Å². The molecule has 2 aromatic heterocycles. The monoisotopic (exact) mass is 288 g/mol. The molecule has 19 heavy (non-hydrogen) atoms. The van der Waals surface area contributed by atoms with E-state index < -0.39 is 17.8 Å². The number of hydrogen-bond acceptors (Lipinski definition) is 4. The molecule has 4 nitrogen and oxygen atoms in total. The van der Waals surface area contributed by atoms with Gasteiger partial charge in [0.25, 0.3) is 0 Å². The summed E-state index contributed by atoms with van der Waals surface area (Å²) in [4.78, 5) is 18.2. The number of carboxylic acid groups (broad SMARTS) is 1. The number of aromatic nitrogens is 2. The zero-order valence-electron chi connectivity index (χ0n) is 9.52. The van der Waals surface area contributed by atoms with Gasteiger partial charge in [-0.05, 0) is 19.1 Å². The van der Waals surface area contributed by atoms with Crippen LogP contribution in [-0.2, 0) is 6.18 Å². The predicted molar refractivity (Wildman–Crippen MR) is 62.0 cm³/mol. The fourth-order valence-electron chi connectivity index (χ4n) is 1.41. The molecule has 0 unspecified atom stereocenters. The molecule has 100 valence electrons. The van der Waals surface area contributed by atoms with Gasteiger partial charge in [-0.1, -0.05) is 0 Å². The molecule has 0 saturated heterocycles. The van der Waals surface area contributed by atoms with E-state index >= 15 is 0 Å². The van der Waals surface area contributed by atoms with Gasteiger partial charge in [0.15, 0.2) is 0 Å². The molecule has 0 amide bonds. The maximum absolute atomic E-state index is 12.3. The Morgan fingerprint density at radius 1 is 1.37 bits per heavy atom. The fourth-order valence-corrected chi connectivity index (χ4v) is 2.30. The van der Waals surface area contributed by atoms with Crippen LogP contribution in [0.1, 0.15) is 21.1 Å². The summed E-state index contributed by atoms with van der Waals surface area (Å²) >= 11 is 0.902. The van der Waals surface area contributed by atoms with Crippen molar-refractivity contribution >= 4 is 17.3 Å². The first-order valence-electron chi connectivity index (χ1n) is 5.03. The van der Waals surface area contributed by atoms with Crippen LogP contribution in [0, 0.1) is 6.92 Å². The molecule has 0 aliphatic carbocycles. The summed E-state index contributed by atoms with van der Waals surface area (Å²) in [5, 5.41) is 9.21. The molecule has 0 aliphatic heterocycles. The number of carbonyl (C=O) groups is 1. The number of rotatable bonds is 2. The maximum Gasteiger partial charge on any atom is 0.433 e. The maximum atomic E-state index is 12.3. The Balaban J connectivity index is 2.38. The standard InChI is InChI=1S/C11H7F3N2O2S/c1-5-8(10(17)18)19-9(16-5)6-2-3-7(15-4-6)11(12,13)14/h2-4H,1H3,(H,17,18). The van der Waals surface area contributed by atoms with Gasteiger partial charge in [0, 0.05) is 11.8 Å². The van der Waals surface area contributed by atoms with Crippen LogP contribution in [0.25, 0.3) is 10.6 Å². The van der Waals surface area contributed by atoms with Crippen molar-refractivity contribution in [3.05, 3.63) is 34.6 Å². The van der Waals surface area contributed by atoms with Gasteiger partial charge in [-0.2, -0.15) is 13.2 Å². The number of halogens is 3. The number of nitrogens with zero attached hydrogens (tertiary/aromatic N) is 2. The summed E-state index contributed by atoms with van der Waals surface area (Å²) in [6, 6.07) is 2.06. The van der Waals surface area contributed by atoms with Crippen LogP contribution in [-0.4, -0.2) is 21.0 Å². The number of hydrogen-bond donors (Lipinski definition) is 1. The van der Waals surface area contributed by atoms with Crippen LogP contribution in [0.5, 0.6) is 0 Å². The van der Waals surface area contributed by atoms with Crippen molar-refractivity contribution in [2.45, 2.75) is 13.1 Å². The van der Waals surface area contributed by atoms with Crippen LogP contribution < -0.4 is 0 Å². The van der Waals surface area contributed by atoms with Crippen LogP contribution in [0.4, 0.5) is 13.2 Å². The van der Waals surface area contributed by atoms with E-state index in [4.69, 9.17) is 5.11 Å². The Morgan fingerprint density at radius 3 is 2.47 bits per heavy atom. The molecule has 2 rings (SSSR count). The van der Waals surface area contributed by atoms with Crippen LogP contribution >= 0.6 is 11.3 Å². The third-order valence-corrected chi connectivity index (χ3v) is 3.49. The van der Waals surface area contributed by atoms with Crippen molar-refractivity contribution in [3.8, 4) is 10.6 Å². The number of pyridine rings is 1. The van der Waals surface area contributed by atoms with Gasteiger partial charge >= 0.3 is 12.1 Å². The summed E-state index contributed by atoms with van der Waals surface area (Å²) in [5.74, 6) is -1.11. The van der Waals surface area contributed by atoms with Crippen LogP contribution in [0.2, 0.25) is 0 Å². The lowest BCUT2D eigenvalue weighted by Crippen LogP contribution is -2.07. The molecule has 0 atom stereocenters. The average Bonchev–Trinajstić information content (AvgIpc) is 2.70. The Labute approximate surface area is 109 Å². The minimum atomic E-state index is -4.50. The second-order valence-corrected chi connectivity index (χ2v) is 4.67. The van der Waals surface area contributed by atoms with Gasteiger partial charge in [0.2, 0.25) is 0 Å². The van der Waals surface area contributed by atoms with E-state index in [-0.39, 0.29) is 4.88 Å². The van der Waals surface area contributed by atoms with Crippen molar-refractivity contribution in [3.63, 3.8) is 0 Å². The second kappa shape index (κ2) is 4.61. The van der Waals surface area contributed by atoms with E-state index in [1.165, 1.54) is 13.0 Å². The van der Waals surface area contributed by atoms with Crippen molar-refractivity contribution < 1.29 is 23.1 Å². The average molecular weight is 288 g/mol. The molecule has 0 radical (unpaired) electrons. The highest BCUT2D eigenvalue weighted by atomic mass is 32.1. The van der Waals surface area contributed by atoms with E-state index in [9.17, 15) is 18.0 Å². The summed E-state index contributed by atoms with van der Waals surface area (Å²) in [6.45, 7) is 1.53. The predicted octanol–water partition coefficient (Wildman–Crippen LogP) is 3.23. The molecule has 0 aromatic carbocycles. The first-order chi connectivity index (χ1) is 8.79. The van der Waals surface area contributed by atoms with Gasteiger partial charge in [-0.3, -0.25) is 4.98 Å². The smallest absolute Gasteiger partial charge is 0.433 e. The molecule has 2 heterocycles. The number of aryl methyl sites for hydroxylation is 1. The minimum absolute atomic E-state index is 0.0647. The molecule has 1 N–H and O–H groups in total. The summed E-state index contributed by atoms with van der Waals surface area (Å²) in [5.41, 5.74) is -0.316. The first-order valence-corrected chi connectivity index (χ1v) is 5.85. The first kappa shape index (κ1) is 13.5. The van der Waals surface area contributed by atoms with Gasteiger partial charge < -0.3 is 5.11 Å². The highest BCUT2D eigenvalue weighted by Gasteiger charge is 2.32. The minimum Gasteiger partial charge on any atom is -0.477 e. The third-order valence-electron chi connectivity index (χ3n) is 2.29. The van der Waals surface area contributed by atoms with Gasteiger partial charge in [-0.15, -0.1) is 11.3 Å². The third kappa shape index (κ3) is 2.73. The van der Waals surface area contributed by atoms with E-state index in [0.717, 1.165) is 23.6 Å². The lowest BCUT2D eigenvalue weighted by atomic mass is 10.2. The van der Waals surface area contributed by atoms with E-state index in [1.54, 1.807) is 0 Å². The Kier molecular flexibility index (Phi) is 3.27. The highest BCUT2D eigenvalue weighted by Crippen LogP contribution is 2.31. The summed E-state index contributed by atoms with van der Waals surface area (Å²) < 4.78 is 37.0. The van der Waals surface area contributed by atoms with Crippen molar-refractivity contribution in [2.24, 2.45) is 0 Å². The number of aromatic carboxylic acids is 1. The van der Waals surface area contributed by atoms with Gasteiger partial charge in [0.05, 0.1) is 5.69 Å². The van der Waals surface area contributed by atoms with E-state index in [1.807, 2.05) is 0 Å². The topological polar surface area (TPSA) is 63.1 Å². The summed E-state index contributed by atoms with van der Waals surface area (Å²) in [6.07, 6.45) is -3.46. The molecule has 0 spiro atoms. The van der Waals surface area contributed by atoms with Crippen LogP contribution in [0.15, 0.2) is 18.3 Å². The molecular weight excluding hydrogens is 281 g/mol. The number of carboxylic acids is 1. The van der Waals surface area contributed by atoms with Gasteiger partial charge in [0.1, 0.15) is 15.6 Å². The van der Waals surface area contributed by atoms with E-state index in [2.05, 4.69) is 9.97 Å². The quantitative estimate of drug-likeness (QED) is 0.921. The van der Waals surface area contributed by atoms with Crippen molar-refractivity contribution in [1.29, 1.82) is 0 Å². The lowest BCUT2D eigenvalue weighted by molar-refractivity contribution is -0.141. The lowest BCUT2D eigenvalue weighted by Gasteiger charge is -2.05. The second-order valence-electron chi connectivity index (χ2n) is 3.67. The molecule has 0 saturated carbocycles. The Morgan fingerprint density at radius 2 is 2.05 bits per heavy atom. The SMILES string of the molecule is Cc1nc(-c2ccc(C(F)(F)F)nc2)sc1C(=O)O. The molecule has 2 aromatic rings. The number of thiazole rings is 1. The molecule has 0 aliphatic rings. The summed E-state index contributed by atoms with van der Waals surface area (Å²) in [7, 11) is 0. The highest BCUT2D eigenvalue weighted by molar-refractivity contribution is 7.17. The van der Waals surface area contributed by atoms with Gasteiger partial charge in [-0.25, -0.2) is 9.78 Å². The fraction of sp³-hybridized carbons (Fsp3) is 0.182. The molecule has 0 bridgehead atoms. The molecule has 0 fully saturated rings. The zero-order chi connectivity index (χ0) is 14.2. The zero-order valence-corrected chi connectivity index (χ0v) is 10.3. The van der Waals surface area contributed by atoms with E-state index in [0.29, 0.717) is 16.3 Å². The van der Waals surface area contributed by atoms with Crippen molar-refractivity contribution in [1.82, 2.24) is 9.97 Å². The Bertz CT molecular complexity index is 620. The Hall–Kier alpha value is -1.96. The number of alkyl halides is 3. The molecule has 8 heteroatoms. The largest absolute Gasteiger partial charge is 0.477 e. The normalized spacial score (nSPS) is 11.6. The molecular formula is C11H7F3N2O2S. The van der Waals surface area contributed by atoms with Crippen molar-refractivity contribution in [2.75, 3.05) is 0 Å².